The van der Waals surface area contributed by atoms with E-state index >= 15 is 0 Å². The fourth-order valence-electron chi connectivity index (χ4n) is 19.9. The Balaban J connectivity index is 0.000000123. The molecule has 0 saturated carbocycles. The topological polar surface area (TPSA) is 268 Å². The van der Waals surface area contributed by atoms with Crippen molar-refractivity contribution in [2.24, 2.45) is 0 Å². The number of β-amino-alcohol motifs (C(OH)–C–C–N with tert-alkyl or cyclic N) is 1. The van der Waals surface area contributed by atoms with Gasteiger partial charge in [0.25, 0.3) is 5.91 Å². The molecule has 5 unspecified atom stereocenters. The molecule has 146 heavy (non-hydrogen) atoms. The second-order valence-electron chi connectivity index (χ2n) is 36.0. The van der Waals surface area contributed by atoms with Gasteiger partial charge in [-0.25, -0.2) is 14.4 Å². The minimum atomic E-state index is -0.546. The molecular weight excluding hydrogens is 1970 g/mol. The van der Waals surface area contributed by atoms with Crippen molar-refractivity contribution in [1.82, 2.24) is 44.4 Å². The first kappa shape index (κ1) is 100. The van der Waals surface area contributed by atoms with Gasteiger partial charge >= 0.3 is 24.2 Å². The lowest BCUT2D eigenvalue weighted by molar-refractivity contribution is -0.131. The normalized spacial score (nSPS) is 15.9. The molecule has 24 nitrogen and oxygen atoms in total. The molecule has 1 saturated heterocycles. The third kappa shape index (κ3) is 22.8. The smallest absolute Gasteiger partial charge is 0.416 e. The average Bonchev–Trinajstić information content (AvgIpc) is 1.60. The molecule has 4 amide bonds. The van der Waals surface area contributed by atoms with Crippen molar-refractivity contribution in [2.45, 2.75) is 75.7 Å². The first-order chi connectivity index (χ1) is 71.0. The highest BCUT2D eigenvalue weighted by molar-refractivity contribution is 6.33. The van der Waals surface area contributed by atoms with Crippen LogP contribution in [0.15, 0.2) is 297 Å². The Morgan fingerprint density at radius 1 is 0.336 bits per heavy atom. The molecule has 744 valence electrons. The fraction of sp³-hybridized carbons (Fsp3) is 0.216. The van der Waals surface area contributed by atoms with Crippen LogP contribution < -0.4 is 37.9 Å². The zero-order chi connectivity index (χ0) is 101. The number of hydrogen-bond acceptors (Lipinski definition) is 16. The predicted octanol–water partition coefficient (Wildman–Crippen LogP) is 26.3. The molecule has 9 heterocycles. The van der Waals surface area contributed by atoms with Gasteiger partial charge in [-0.1, -0.05) is 161 Å². The van der Waals surface area contributed by atoms with Crippen LogP contribution in [0.3, 0.4) is 0 Å². The first-order valence-electron chi connectivity index (χ1n) is 48.1. The average molecular weight is 2080 g/mol. The number of aliphatic hydroxyl groups excluding tert-OH is 1. The molecule has 1 fully saturated rings. The Labute approximate surface area is 873 Å². The quantitative estimate of drug-likeness (QED) is 0.0254. The second kappa shape index (κ2) is 45.5. The largest absolute Gasteiger partial charge is 0.497 e. The molecule has 17 aromatic rings. The number of benzene rings is 13. The van der Waals surface area contributed by atoms with Gasteiger partial charge in [0.15, 0.2) is 0 Å². The number of halogens is 6. The van der Waals surface area contributed by atoms with Crippen LogP contribution in [0.2, 0.25) is 30.1 Å². The maximum Gasteiger partial charge on any atom is 0.416 e. The lowest BCUT2D eigenvalue weighted by atomic mass is 9.91. The highest BCUT2D eigenvalue weighted by Crippen LogP contribution is 2.47. The van der Waals surface area contributed by atoms with E-state index in [1.807, 2.05) is 205 Å². The molecule has 4 aromatic heterocycles. The number of likely N-dealkylation sites (tertiary alicyclic amines) is 1. The number of ether oxygens (including phenoxy) is 9. The molecule has 0 bridgehead atoms. The summed E-state index contributed by atoms with van der Waals surface area (Å²) in [6.07, 6.45) is 3.24. The number of carbonyl (C=O) groups is 5. The van der Waals surface area contributed by atoms with Crippen LogP contribution in [0.25, 0.3) is 54.7 Å². The summed E-state index contributed by atoms with van der Waals surface area (Å²) in [7, 11) is 4.89. The maximum atomic E-state index is 13.9. The molecule has 5 N–H and O–H groups in total. The van der Waals surface area contributed by atoms with Gasteiger partial charge in [-0.3, -0.25) is 24.3 Å². The van der Waals surface area contributed by atoms with E-state index in [9.17, 15) is 29.1 Å². The number of H-pyrrole nitrogens is 4. The summed E-state index contributed by atoms with van der Waals surface area (Å²) in [4.78, 5) is 89.0. The van der Waals surface area contributed by atoms with Crippen molar-refractivity contribution in [3.8, 4) is 57.1 Å². The van der Waals surface area contributed by atoms with Crippen LogP contribution in [-0.4, -0.2) is 173 Å². The zero-order valence-electron chi connectivity index (χ0n) is 80.2. The summed E-state index contributed by atoms with van der Waals surface area (Å²) >= 11 is 37.2. The highest BCUT2D eigenvalue weighted by Gasteiger charge is 2.41. The molecule has 0 aliphatic carbocycles. The Morgan fingerprint density at radius 3 is 1.01 bits per heavy atom. The molecule has 13 aromatic carbocycles. The number of hydrogen-bond donors (Lipinski definition) is 5. The van der Waals surface area contributed by atoms with E-state index < -0.39 is 42.4 Å². The van der Waals surface area contributed by atoms with E-state index in [1.165, 1.54) is 25.3 Å². The van der Waals surface area contributed by atoms with E-state index in [0.29, 0.717) is 135 Å². The number of amides is 4. The summed E-state index contributed by atoms with van der Waals surface area (Å²) in [5.41, 5.74) is 19.0. The van der Waals surface area contributed by atoms with Crippen LogP contribution in [0.4, 0.5) is 14.4 Å². The Morgan fingerprint density at radius 2 is 0.644 bits per heavy atom. The third-order valence-electron chi connectivity index (χ3n) is 26.8. The van der Waals surface area contributed by atoms with Crippen LogP contribution in [-0.2, 0) is 35.2 Å². The summed E-state index contributed by atoms with van der Waals surface area (Å²) in [5, 5.41) is 18.6. The number of esters is 1. The summed E-state index contributed by atoms with van der Waals surface area (Å²) < 4.78 is 49.6. The van der Waals surface area contributed by atoms with Gasteiger partial charge in [0.1, 0.15) is 83.4 Å². The second-order valence-corrected chi connectivity index (χ2v) is 38.7. The van der Waals surface area contributed by atoms with Crippen molar-refractivity contribution in [1.29, 1.82) is 0 Å². The monoisotopic (exact) mass is 2070 g/mol. The SMILES string of the molecule is CC(=O)Oc1ccc(C2c3[nH]c4ccc(Cl)cc4c3CCN2C(=O)Oc2ccc(Cl)cc2)cc1.COCCOc1ccc(C2c3[nH]c4ccc(Cl)cc4c3CCN2C(=O)Oc2ccc(OC)cc2)cc1.COc1ccc(C2c3[nH]c4ccc(Cl)cc4c3CCN2C(=O)c2ccc(-c3ccccc3)cc2)cc1.O=C(Oc1ccc(Cl)cc1)N1CCc2c([nH]c3ccc(Cl)cc23)C1c1ccc(OCC(O)CN2CCCC2)cc1. The fourth-order valence-corrected chi connectivity index (χ4v) is 20.8. The number of nitrogens with zero attached hydrogens (tertiary/aromatic N) is 5. The number of methoxy groups -OCH3 is 3. The molecule has 0 spiro atoms. The predicted molar refractivity (Wildman–Crippen MR) is 571 cm³/mol. The van der Waals surface area contributed by atoms with Gasteiger partial charge in [0.05, 0.1) is 26.9 Å². The number of rotatable bonds is 21. The lowest BCUT2D eigenvalue weighted by Gasteiger charge is -2.36. The molecule has 5 aliphatic heterocycles. The molecule has 30 heteroatoms. The third-order valence-corrected chi connectivity index (χ3v) is 28.3. The van der Waals surface area contributed by atoms with Crippen LogP contribution in [0.1, 0.15) is 122 Å². The molecule has 22 rings (SSSR count). The zero-order valence-corrected chi connectivity index (χ0v) is 84.7. The molecule has 0 radical (unpaired) electrons. The van der Waals surface area contributed by atoms with Crippen molar-refractivity contribution in [3.63, 3.8) is 0 Å². The van der Waals surface area contributed by atoms with Gasteiger partial charge in [-0.05, 0) is 314 Å². The van der Waals surface area contributed by atoms with Crippen LogP contribution in [0.5, 0.6) is 46.0 Å². The van der Waals surface area contributed by atoms with Crippen LogP contribution in [0, 0.1) is 0 Å². The molecular formula is C116H103Cl6N9O15. The first-order valence-corrected chi connectivity index (χ1v) is 50.3. The van der Waals surface area contributed by atoms with E-state index in [1.54, 1.807) is 121 Å². The van der Waals surface area contributed by atoms with Gasteiger partial charge in [-0.15, -0.1) is 0 Å². The van der Waals surface area contributed by atoms with Crippen molar-refractivity contribution in [3.05, 3.63) is 400 Å². The number of fused-ring (bicyclic) bond motifs is 12. The van der Waals surface area contributed by atoms with E-state index in [2.05, 4.69) is 37.0 Å². The van der Waals surface area contributed by atoms with E-state index in [4.69, 9.17) is 112 Å². The van der Waals surface area contributed by atoms with Gasteiger partial charge in [0.2, 0.25) is 0 Å². The van der Waals surface area contributed by atoms with Crippen molar-refractivity contribution < 1.29 is 71.7 Å². The standard InChI is InChI=1S/C31H31Cl2N3O4.C31H25ClN2O2.C28H27ClN2O5.C26H20Cl2N2O4/c32-21-5-10-25(11-6-21)40-31(38)36-16-13-26-27-17-22(33)7-12-28(27)34-29(26)30(36)20-3-8-24(9-4-20)39-19-23(37)18-35-14-1-2-15-35;1-36-25-14-11-22(12-15-25)30-29-26(27-19-24(32)13-16-28(27)33-29)17-18-34(30)31(35)23-9-7-21(8-10-23)20-5-3-2-4-6-20;1-33-15-16-35-21-6-3-18(4-7-21)27-26-23(24-17-19(29)5-12-25(24)30-26)13-14-31(27)28(32)36-22-10-8-20(34-2)9-11-22;1-15(31)33-19-7-2-16(3-8-19)25-24-21(22-14-18(28)6-11-23(22)29-24)12-13-30(25)26(32)34-20-9-4-17(27)5-10-20/h3-12,17,23,30,34,37H,1-2,13-16,18-19H2;2-16,19,30,33H,17-18H2,1H3;3-12,17,27,30H,13-16H2,1-2H3;2-11,14,25,29H,12-13H2,1H3. The number of aromatic nitrogens is 4. The van der Waals surface area contributed by atoms with E-state index in [0.717, 1.165) is 147 Å². The Bertz CT molecular complexity index is 7540. The number of carbonyl (C=O) groups excluding carboxylic acids is 5. The van der Waals surface area contributed by atoms with Crippen molar-refractivity contribution in [2.75, 3.05) is 87.0 Å². The van der Waals surface area contributed by atoms with E-state index in [-0.39, 0.29) is 24.6 Å². The number of nitrogens with one attached hydrogen (secondary N) is 4. The van der Waals surface area contributed by atoms with Gasteiger partial charge in [-0.2, -0.15) is 0 Å². The summed E-state index contributed by atoms with van der Waals surface area (Å²) in [5.74, 6) is 4.23. The number of aliphatic hydroxyl groups is 1. The minimum absolute atomic E-state index is 0.0118. The summed E-state index contributed by atoms with van der Waals surface area (Å²) in [6, 6.07) is 90.8. The summed E-state index contributed by atoms with van der Waals surface area (Å²) in [6.45, 7) is 7.29. The molecule has 5 atom stereocenters. The van der Waals surface area contributed by atoms with Crippen molar-refractivity contribution >= 4 is 143 Å². The number of aromatic amines is 4. The Kier molecular flexibility index (Phi) is 31.2. The lowest BCUT2D eigenvalue weighted by Crippen LogP contribution is -2.42. The van der Waals surface area contributed by atoms with Gasteiger partial charge in [0, 0.05) is 149 Å². The molecule has 5 aliphatic rings. The maximum absolute atomic E-state index is 13.9. The Hall–Kier alpha value is -14.4. The van der Waals surface area contributed by atoms with Gasteiger partial charge < -0.3 is 77.5 Å². The van der Waals surface area contributed by atoms with Crippen LogP contribution >= 0.6 is 69.6 Å². The highest BCUT2D eigenvalue weighted by atomic mass is 35.5. The minimum Gasteiger partial charge on any atom is -0.497 e.